The van der Waals surface area contributed by atoms with Gasteiger partial charge in [-0.05, 0) is 18.1 Å². The maximum atomic E-state index is 12.3. The molecule has 1 aliphatic heterocycles. The lowest BCUT2D eigenvalue weighted by atomic mass is 10.1. The van der Waals surface area contributed by atoms with E-state index < -0.39 is 0 Å². The second kappa shape index (κ2) is 4.85. The summed E-state index contributed by atoms with van der Waals surface area (Å²) >= 11 is 0. The van der Waals surface area contributed by atoms with E-state index in [9.17, 15) is 9.90 Å². The second-order valence-corrected chi connectivity index (χ2v) is 4.81. The third kappa shape index (κ3) is 2.07. The number of hydrogen-bond acceptors (Lipinski definition) is 3. The standard InChI is InChI=1S/C15H15N3O2/c1-10-14(19)13(17-16-10)15(20)18-8-7-12(9-18)11-5-3-2-4-6-11/h2-7,19H,8-9H2,1H3,(H,16,17). The molecule has 0 aliphatic carbocycles. The van der Waals surface area contributed by atoms with Gasteiger partial charge in [0.1, 0.15) is 5.69 Å². The summed E-state index contributed by atoms with van der Waals surface area (Å²) in [5.41, 5.74) is 2.83. The summed E-state index contributed by atoms with van der Waals surface area (Å²) in [7, 11) is 0. The number of hydrogen-bond donors (Lipinski definition) is 2. The number of aromatic hydroxyl groups is 1. The van der Waals surface area contributed by atoms with Crippen LogP contribution in [0, 0.1) is 6.92 Å². The number of carbonyl (C=O) groups is 1. The molecule has 1 amide bonds. The van der Waals surface area contributed by atoms with Crippen LogP contribution in [0.2, 0.25) is 0 Å². The van der Waals surface area contributed by atoms with E-state index in [0.717, 1.165) is 11.1 Å². The smallest absolute Gasteiger partial charge is 0.276 e. The summed E-state index contributed by atoms with van der Waals surface area (Å²) in [6, 6.07) is 9.97. The number of nitrogens with zero attached hydrogens (tertiary/aromatic N) is 2. The van der Waals surface area contributed by atoms with Crippen molar-refractivity contribution in [1.82, 2.24) is 15.1 Å². The lowest BCUT2D eigenvalue weighted by Gasteiger charge is -2.15. The van der Waals surface area contributed by atoms with Crippen LogP contribution >= 0.6 is 0 Å². The zero-order valence-corrected chi connectivity index (χ0v) is 11.1. The molecular weight excluding hydrogens is 254 g/mol. The number of nitrogens with one attached hydrogen (secondary N) is 1. The molecule has 1 aliphatic rings. The number of rotatable bonds is 2. The number of aryl methyl sites for hydroxylation is 1. The molecule has 2 aromatic rings. The highest BCUT2D eigenvalue weighted by Crippen LogP contribution is 2.25. The molecule has 1 aromatic heterocycles. The van der Waals surface area contributed by atoms with E-state index in [0.29, 0.717) is 18.8 Å². The quantitative estimate of drug-likeness (QED) is 0.875. The van der Waals surface area contributed by atoms with Crippen molar-refractivity contribution < 1.29 is 9.90 Å². The molecule has 5 heteroatoms. The molecule has 2 N–H and O–H groups in total. The van der Waals surface area contributed by atoms with Gasteiger partial charge in [-0.2, -0.15) is 5.10 Å². The number of amides is 1. The average molecular weight is 269 g/mol. The van der Waals surface area contributed by atoms with E-state index >= 15 is 0 Å². The Hall–Kier alpha value is -2.56. The van der Waals surface area contributed by atoms with Crippen molar-refractivity contribution in [3.63, 3.8) is 0 Å². The SMILES string of the molecule is Cc1n[nH]c(C(=O)N2CC=C(c3ccccc3)C2)c1O. The van der Waals surface area contributed by atoms with Gasteiger partial charge in [0.2, 0.25) is 0 Å². The van der Waals surface area contributed by atoms with Gasteiger partial charge < -0.3 is 10.0 Å². The second-order valence-electron chi connectivity index (χ2n) is 4.81. The van der Waals surface area contributed by atoms with Gasteiger partial charge in [-0.1, -0.05) is 36.4 Å². The summed E-state index contributed by atoms with van der Waals surface area (Å²) in [4.78, 5) is 14.0. The molecule has 0 saturated carbocycles. The van der Waals surface area contributed by atoms with Crippen LogP contribution in [0.15, 0.2) is 36.4 Å². The molecule has 102 valence electrons. The molecule has 20 heavy (non-hydrogen) atoms. The van der Waals surface area contributed by atoms with Gasteiger partial charge in [-0.15, -0.1) is 0 Å². The number of benzene rings is 1. The molecule has 1 aromatic carbocycles. The Morgan fingerprint density at radius 2 is 2.10 bits per heavy atom. The Kier molecular flexibility index (Phi) is 3.02. The zero-order valence-electron chi connectivity index (χ0n) is 11.1. The van der Waals surface area contributed by atoms with Gasteiger partial charge in [0.25, 0.3) is 5.91 Å². The minimum absolute atomic E-state index is 0.0665. The average Bonchev–Trinajstić information content (AvgIpc) is 3.08. The van der Waals surface area contributed by atoms with E-state index in [4.69, 9.17) is 0 Å². The van der Waals surface area contributed by atoms with E-state index in [2.05, 4.69) is 10.2 Å². The molecule has 0 atom stereocenters. The minimum Gasteiger partial charge on any atom is -0.504 e. The largest absolute Gasteiger partial charge is 0.504 e. The maximum absolute atomic E-state index is 12.3. The monoisotopic (exact) mass is 269 g/mol. The van der Waals surface area contributed by atoms with Crippen LogP contribution in [0.1, 0.15) is 21.7 Å². The lowest BCUT2D eigenvalue weighted by Crippen LogP contribution is -2.29. The number of aromatic nitrogens is 2. The van der Waals surface area contributed by atoms with Crippen molar-refractivity contribution >= 4 is 11.5 Å². The van der Waals surface area contributed by atoms with Gasteiger partial charge in [-0.25, -0.2) is 0 Å². The molecule has 5 nitrogen and oxygen atoms in total. The van der Waals surface area contributed by atoms with Crippen LogP contribution in [-0.4, -0.2) is 39.2 Å². The van der Waals surface area contributed by atoms with Crippen molar-refractivity contribution in [1.29, 1.82) is 0 Å². The Morgan fingerprint density at radius 3 is 2.75 bits per heavy atom. The van der Waals surface area contributed by atoms with E-state index in [-0.39, 0.29) is 17.4 Å². The van der Waals surface area contributed by atoms with Crippen molar-refractivity contribution in [3.05, 3.63) is 53.4 Å². The Labute approximate surface area is 116 Å². The summed E-state index contributed by atoms with van der Waals surface area (Å²) in [5.74, 6) is -0.298. The molecule has 0 saturated heterocycles. The highest BCUT2D eigenvalue weighted by Gasteiger charge is 2.25. The molecule has 0 unspecified atom stereocenters. The van der Waals surface area contributed by atoms with Crippen molar-refractivity contribution in [2.24, 2.45) is 0 Å². The summed E-state index contributed by atoms with van der Waals surface area (Å²) in [5, 5.41) is 16.2. The highest BCUT2D eigenvalue weighted by atomic mass is 16.3. The van der Waals surface area contributed by atoms with Crippen molar-refractivity contribution in [3.8, 4) is 5.75 Å². The molecule has 3 rings (SSSR count). The van der Waals surface area contributed by atoms with Gasteiger partial charge in [0.15, 0.2) is 11.4 Å². The van der Waals surface area contributed by atoms with Gasteiger partial charge >= 0.3 is 0 Å². The summed E-state index contributed by atoms with van der Waals surface area (Å²) in [6.07, 6.45) is 2.04. The first-order valence-electron chi connectivity index (χ1n) is 6.44. The molecule has 0 radical (unpaired) electrons. The molecule has 0 spiro atoms. The third-order valence-electron chi connectivity index (χ3n) is 3.48. The fourth-order valence-corrected chi connectivity index (χ4v) is 2.30. The maximum Gasteiger partial charge on any atom is 0.276 e. The van der Waals surface area contributed by atoms with Crippen LogP contribution in [0.3, 0.4) is 0 Å². The fraction of sp³-hybridized carbons (Fsp3) is 0.200. The Balaban J connectivity index is 1.76. The first-order chi connectivity index (χ1) is 9.66. The van der Waals surface area contributed by atoms with Crippen LogP contribution in [0.4, 0.5) is 0 Å². The highest BCUT2D eigenvalue weighted by molar-refractivity contribution is 5.96. The number of aromatic amines is 1. The van der Waals surface area contributed by atoms with Crippen LogP contribution in [0.5, 0.6) is 5.75 Å². The summed E-state index contributed by atoms with van der Waals surface area (Å²) in [6.45, 7) is 2.74. The lowest BCUT2D eigenvalue weighted by molar-refractivity contribution is 0.0792. The predicted octanol–water partition coefficient (Wildman–Crippen LogP) is 1.96. The third-order valence-corrected chi connectivity index (χ3v) is 3.48. The van der Waals surface area contributed by atoms with Crippen molar-refractivity contribution in [2.45, 2.75) is 6.92 Å². The van der Waals surface area contributed by atoms with Gasteiger partial charge in [0, 0.05) is 13.1 Å². The predicted molar refractivity (Wildman–Crippen MR) is 75.3 cm³/mol. The van der Waals surface area contributed by atoms with E-state index in [1.54, 1.807) is 11.8 Å². The van der Waals surface area contributed by atoms with Crippen molar-refractivity contribution in [2.75, 3.05) is 13.1 Å². The number of H-pyrrole nitrogens is 1. The van der Waals surface area contributed by atoms with E-state index in [1.807, 2.05) is 36.4 Å². The summed E-state index contributed by atoms with van der Waals surface area (Å²) < 4.78 is 0. The Bertz CT molecular complexity index is 674. The fourth-order valence-electron chi connectivity index (χ4n) is 2.30. The number of carbonyl (C=O) groups excluding carboxylic acids is 1. The topological polar surface area (TPSA) is 69.2 Å². The van der Waals surface area contributed by atoms with Crippen LogP contribution in [0.25, 0.3) is 5.57 Å². The van der Waals surface area contributed by atoms with Crippen LogP contribution in [-0.2, 0) is 0 Å². The normalized spacial score (nSPS) is 14.4. The molecule has 0 fully saturated rings. The van der Waals surface area contributed by atoms with Gasteiger partial charge in [-0.3, -0.25) is 9.89 Å². The molecule has 2 heterocycles. The first kappa shape index (κ1) is 12.5. The van der Waals surface area contributed by atoms with Gasteiger partial charge in [0.05, 0.1) is 0 Å². The zero-order chi connectivity index (χ0) is 14.1. The minimum atomic E-state index is -0.231. The van der Waals surface area contributed by atoms with E-state index in [1.165, 1.54) is 0 Å². The molecular formula is C15H15N3O2. The first-order valence-corrected chi connectivity index (χ1v) is 6.44. The molecule has 0 bridgehead atoms. The van der Waals surface area contributed by atoms with Crippen LogP contribution < -0.4 is 0 Å². The Morgan fingerprint density at radius 1 is 1.35 bits per heavy atom.